The number of carbonyl (C=O) groups excluding carboxylic acids is 3. The molecule has 0 atom stereocenters. The molecule has 1 heterocycles. The highest BCUT2D eigenvalue weighted by Gasteiger charge is 2.52. The third-order valence-corrected chi connectivity index (χ3v) is 7.89. The molecule has 0 bridgehead atoms. The van der Waals surface area contributed by atoms with Gasteiger partial charge >= 0.3 is 6.03 Å². The van der Waals surface area contributed by atoms with E-state index in [0.717, 1.165) is 44.1 Å². The summed E-state index contributed by atoms with van der Waals surface area (Å²) in [5.41, 5.74) is 2.92. The van der Waals surface area contributed by atoms with Gasteiger partial charge in [0.25, 0.3) is 21.8 Å². The first kappa shape index (κ1) is 24.7. The Morgan fingerprint density at radius 1 is 1.06 bits per heavy atom. The quantitative estimate of drug-likeness (QED) is 0.479. The molecule has 2 aromatic carbocycles. The lowest BCUT2D eigenvalue weighted by molar-refractivity contribution is -0.134. The van der Waals surface area contributed by atoms with Crippen LogP contribution in [0.4, 0.5) is 10.5 Å². The molecule has 186 valence electrons. The smallest absolute Gasteiger partial charge is 0.322 e. The lowest BCUT2D eigenvalue weighted by atomic mass is 9.82. The Morgan fingerprint density at radius 2 is 1.77 bits per heavy atom. The zero-order valence-electron chi connectivity index (χ0n) is 19.7. The Morgan fingerprint density at radius 3 is 2.46 bits per heavy atom. The standard InChI is InChI=1S/C25H30N4O5S/c1-2-3-8-18-11-13-20(14-12-18)28-35(33,34)21-10-7-9-19(17-21)22(30)27-29-23(31)25(26-24(29)32)15-5-4-6-16-25/h7,9-14,17,28H,2-6,8,15-16H2,1H3,(H,26,32)(H,27,30). The molecule has 4 amide bonds. The van der Waals surface area contributed by atoms with Crippen molar-refractivity contribution in [3.8, 4) is 0 Å². The molecule has 1 saturated carbocycles. The molecular formula is C25H30N4O5S. The zero-order valence-corrected chi connectivity index (χ0v) is 20.5. The van der Waals surface area contributed by atoms with Crippen molar-refractivity contribution in [2.24, 2.45) is 0 Å². The lowest BCUT2D eigenvalue weighted by Gasteiger charge is -2.30. The summed E-state index contributed by atoms with van der Waals surface area (Å²) in [6.07, 6.45) is 6.77. The number of imide groups is 1. The number of anilines is 1. The minimum Gasteiger partial charge on any atom is -0.322 e. The average Bonchev–Trinajstić information content (AvgIpc) is 3.07. The zero-order chi connectivity index (χ0) is 25.1. The topological polar surface area (TPSA) is 125 Å². The highest BCUT2D eigenvalue weighted by atomic mass is 32.2. The van der Waals surface area contributed by atoms with E-state index in [9.17, 15) is 22.8 Å². The van der Waals surface area contributed by atoms with Gasteiger partial charge in [0.2, 0.25) is 0 Å². The van der Waals surface area contributed by atoms with E-state index >= 15 is 0 Å². The number of urea groups is 1. The van der Waals surface area contributed by atoms with Crippen molar-refractivity contribution in [1.82, 2.24) is 15.8 Å². The Labute approximate surface area is 205 Å². The van der Waals surface area contributed by atoms with Gasteiger partial charge in [-0.15, -0.1) is 0 Å². The summed E-state index contributed by atoms with van der Waals surface area (Å²) in [5, 5.41) is 3.42. The van der Waals surface area contributed by atoms with Crippen molar-refractivity contribution in [3.63, 3.8) is 0 Å². The normalized spacial score (nSPS) is 17.3. The molecule has 4 rings (SSSR count). The van der Waals surface area contributed by atoms with Gasteiger partial charge in [0.15, 0.2) is 0 Å². The molecule has 1 aliphatic carbocycles. The molecule has 0 unspecified atom stereocenters. The molecular weight excluding hydrogens is 468 g/mol. The monoisotopic (exact) mass is 498 g/mol. The maximum Gasteiger partial charge on any atom is 0.344 e. The third-order valence-electron chi connectivity index (χ3n) is 6.51. The molecule has 0 radical (unpaired) electrons. The second kappa shape index (κ2) is 10.1. The van der Waals surface area contributed by atoms with Gasteiger partial charge in [0.05, 0.1) is 4.90 Å². The second-order valence-corrected chi connectivity index (χ2v) is 10.8. The second-order valence-electron chi connectivity index (χ2n) is 9.09. The van der Waals surface area contributed by atoms with Gasteiger partial charge in [0.1, 0.15) is 5.54 Å². The maximum absolute atomic E-state index is 12.9. The average molecular weight is 499 g/mol. The summed E-state index contributed by atoms with van der Waals surface area (Å²) >= 11 is 0. The Hall–Kier alpha value is -3.40. The molecule has 1 aliphatic heterocycles. The number of hydrazine groups is 1. The van der Waals surface area contributed by atoms with Gasteiger partial charge in [-0.1, -0.05) is 50.8 Å². The predicted molar refractivity (Wildman–Crippen MR) is 131 cm³/mol. The van der Waals surface area contributed by atoms with Crippen LogP contribution in [0.3, 0.4) is 0 Å². The number of benzene rings is 2. The molecule has 2 fully saturated rings. The number of hydrogen-bond donors (Lipinski definition) is 3. The fourth-order valence-electron chi connectivity index (χ4n) is 4.52. The number of nitrogens with zero attached hydrogens (tertiary/aromatic N) is 1. The van der Waals surface area contributed by atoms with Crippen molar-refractivity contribution < 1.29 is 22.8 Å². The summed E-state index contributed by atoms with van der Waals surface area (Å²) in [4.78, 5) is 38.0. The fourth-order valence-corrected chi connectivity index (χ4v) is 5.63. The Kier molecular flexibility index (Phi) is 7.11. The number of aryl methyl sites for hydroxylation is 1. The van der Waals surface area contributed by atoms with Gasteiger partial charge in [-0.2, -0.15) is 5.01 Å². The van der Waals surface area contributed by atoms with E-state index in [0.29, 0.717) is 23.5 Å². The van der Waals surface area contributed by atoms with Crippen molar-refractivity contribution in [2.45, 2.75) is 68.7 Å². The van der Waals surface area contributed by atoms with Crippen LogP contribution in [0, 0.1) is 0 Å². The van der Waals surface area contributed by atoms with Gasteiger partial charge in [0, 0.05) is 11.3 Å². The summed E-state index contributed by atoms with van der Waals surface area (Å²) in [7, 11) is -3.96. The van der Waals surface area contributed by atoms with Crippen LogP contribution >= 0.6 is 0 Å². The first-order valence-corrected chi connectivity index (χ1v) is 13.4. The van der Waals surface area contributed by atoms with E-state index < -0.39 is 33.4 Å². The molecule has 3 N–H and O–H groups in total. The lowest BCUT2D eigenvalue weighted by Crippen LogP contribution is -2.50. The minimum absolute atomic E-state index is 0.00739. The molecule has 0 aromatic heterocycles. The summed E-state index contributed by atoms with van der Waals surface area (Å²) in [6.45, 7) is 2.11. The van der Waals surface area contributed by atoms with Crippen LogP contribution in [0.2, 0.25) is 0 Å². The van der Waals surface area contributed by atoms with E-state index in [1.807, 2.05) is 12.1 Å². The third kappa shape index (κ3) is 5.32. The summed E-state index contributed by atoms with van der Waals surface area (Å²) in [6, 6.07) is 11.9. The first-order chi connectivity index (χ1) is 16.7. The van der Waals surface area contributed by atoms with Gasteiger partial charge in [-0.25, -0.2) is 13.2 Å². The number of amides is 4. The maximum atomic E-state index is 12.9. The number of hydrogen-bond acceptors (Lipinski definition) is 5. The van der Waals surface area contributed by atoms with E-state index in [2.05, 4.69) is 22.4 Å². The van der Waals surface area contributed by atoms with Crippen LogP contribution in [0.1, 0.15) is 67.8 Å². The van der Waals surface area contributed by atoms with E-state index in [-0.39, 0.29) is 10.5 Å². The van der Waals surface area contributed by atoms with Crippen LogP contribution in [-0.4, -0.2) is 36.8 Å². The van der Waals surface area contributed by atoms with Crippen molar-refractivity contribution in [1.29, 1.82) is 0 Å². The van der Waals surface area contributed by atoms with Crippen molar-refractivity contribution in [3.05, 3.63) is 59.7 Å². The largest absolute Gasteiger partial charge is 0.344 e. The van der Waals surface area contributed by atoms with Gasteiger partial charge in [-0.3, -0.25) is 19.7 Å². The molecule has 35 heavy (non-hydrogen) atoms. The molecule has 1 spiro atoms. The predicted octanol–water partition coefficient (Wildman–Crippen LogP) is 3.73. The number of rotatable bonds is 8. The Balaban J connectivity index is 1.45. The summed E-state index contributed by atoms with van der Waals surface area (Å²) in [5.74, 6) is -1.23. The van der Waals surface area contributed by atoms with Crippen LogP contribution < -0.4 is 15.5 Å². The first-order valence-electron chi connectivity index (χ1n) is 11.9. The number of sulfonamides is 1. The minimum atomic E-state index is -3.96. The highest BCUT2D eigenvalue weighted by Crippen LogP contribution is 2.33. The fraction of sp³-hybridized carbons (Fsp3) is 0.400. The van der Waals surface area contributed by atoms with Crippen LogP contribution in [0.5, 0.6) is 0 Å². The highest BCUT2D eigenvalue weighted by molar-refractivity contribution is 7.92. The van der Waals surface area contributed by atoms with E-state index in [4.69, 9.17) is 0 Å². The molecule has 2 aromatic rings. The SMILES string of the molecule is CCCCc1ccc(NS(=O)(=O)c2cccc(C(=O)NN3C(=O)NC4(CCCCC4)C3=O)c2)cc1. The van der Waals surface area contributed by atoms with Crippen molar-refractivity contribution in [2.75, 3.05) is 4.72 Å². The molecule has 10 heteroatoms. The Bertz CT molecular complexity index is 1220. The van der Waals surface area contributed by atoms with Gasteiger partial charge < -0.3 is 5.32 Å². The number of unbranched alkanes of at least 4 members (excludes halogenated alkanes) is 1. The van der Waals surface area contributed by atoms with Crippen LogP contribution in [0.15, 0.2) is 53.4 Å². The van der Waals surface area contributed by atoms with Crippen molar-refractivity contribution >= 4 is 33.6 Å². The van der Waals surface area contributed by atoms with Crippen LogP contribution in [-0.2, 0) is 21.2 Å². The van der Waals surface area contributed by atoms with Crippen LogP contribution in [0.25, 0.3) is 0 Å². The van der Waals surface area contributed by atoms with Gasteiger partial charge in [-0.05, 0) is 61.6 Å². The number of nitrogens with one attached hydrogen (secondary N) is 3. The summed E-state index contributed by atoms with van der Waals surface area (Å²) < 4.78 is 28.3. The van der Waals surface area contributed by atoms with E-state index in [1.54, 1.807) is 12.1 Å². The van der Waals surface area contributed by atoms with E-state index in [1.165, 1.54) is 24.3 Å². The number of carbonyl (C=O) groups is 3. The molecule has 2 aliphatic rings. The molecule has 9 nitrogen and oxygen atoms in total. The molecule has 1 saturated heterocycles.